The number of rotatable bonds is 6. The minimum absolute atomic E-state index is 0.391. The molecule has 6 nitrogen and oxygen atoms in total. The highest BCUT2D eigenvalue weighted by Crippen LogP contribution is 2.25. The van der Waals surface area contributed by atoms with Gasteiger partial charge in [-0.2, -0.15) is 10.2 Å². The molecule has 164 valence electrons. The summed E-state index contributed by atoms with van der Waals surface area (Å²) in [6, 6.07) is 16.9. The molecule has 0 unspecified atom stereocenters. The number of thiocarbonyl (C=S) groups is 1. The van der Waals surface area contributed by atoms with Crippen LogP contribution in [0.3, 0.4) is 0 Å². The van der Waals surface area contributed by atoms with Crippen LogP contribution in [0.2, 0.25) is 15.1 Å². The fraction of sp³-hybridized carbons (Fsp3) is 0.136. The van der Waals surface area contributed by atoms with Crippen LogP contribution in [0.1, 0.15) is 16.8 Å². The van der Waals surface area contributed by atoms with Crippen molar-refractivity contribution in [3.63, 3.8) is 0 Å². The molecule has 0 fully saturated rings. The molecule has 10 heteroatoms. The number of aryl methyl sites for hydroxylation is 1. The van der Waals surface area contributed by atoms with E-state index in [0.717, 1.165) is 16.8 Å². The van der Waals surface area contributed by atoms with Gasteiger partial charge < -0.3 is 10.6 Å². The molecule has 0 atom stereocenters. The van der Waals surface area contributed by atoms with Gasteiger partial charge in [-0.05, 0) is 49.0 Å². The van der Waals surface area contributed by atoms with Gasteiger partial charge in [0.25, 0.3) is 0 Å². The van der Waals surface area contributed by atoms with Crippen LogP contribution in [0.5, 0.6) is 0 Å². The molecule has 0 spiro atoms. The van der Waals surface area contributed by atoms with Crippen molar-refractivity contribution < 1.29 is 0 Å². The summed E-state index contributed by atoms with van der Waals surface area (Å²) in [4.78, 5) is 0. The number of halogens is 3. The first kappa shape index (κ1) is 22.6. The summed E-state index contributed by atoms with van der Waals surface area (Å²) >= 11 is 23.9. The Morgan fingerprint density at radius 3 is 2.31 bits per heavy atom. The summed E-state index contributed by atoms with van der Waals surface area (Å²) in [5, 5.41) is 17.5. The summed E-state index contributed by atoms with van der Waals surface area (Å²) < 4.78 is 3.64. The van der Waals surface area contributed by atoms with Crippen LogP contribution in [0.15, 0.2) is 60.8 Å². The summed E-state index contributed by atoms with van der Waals surface area (Å²) in [5.41, 5.74) is 2.93. The minimum atomic E-state index is 0.391. The molecular weight excluding hydrogens is 487 g/mol. The van der Waals surface area contributed by atoms with Crippen molar-refractivity contribution >= 4 is 63.8 Å². The Bertz CT molecular complexity index is 1230. The molecular formula is C22H19Cl3N6S. The van der Waals surface area contributed by atoms with Crippen molar-refractivity contribution in [2.45, 2.75) is 20.0 Å². The molecule has 2 heterocycles. The number of benzene rings is 2. The van der Waals surface area contributed by atoms with Gasteiger partial charge in [0, 0.05) is 44.7 Å². The molecule has 0 saturated carbocycles. The third-order valence-electron chi connectivity index (χ3n) is 4.73. The van der Waals surface area contributed by atoms with Crippen molar-refractivity contribution in [3.8, 4) is 0 Å². The second kappa shape index (κ2) is 9.92. The average Bonchev–Trinajstić information content (AvgIpc) is 3.32. The van der Waals surface area contributed by atoms with Crippen molar-refractivity contribution in [1.82, 2.24) is 19.6 Å². The molecule has 32 heavy (non-hydrogen) atoms. The first-order chi connectivity index (χ1) is 15.4. The van der Waals surface area contributed by atoms with E-state index in [0.29, 0.717) is 44.9 Å². The van der Waals surface area contributed by atoms with Crippen LogP contribution in [0.25, 0.3) is 0 Å². The molecule has 4 aromatic rings. The predicted molar refractivity (Wildman–Crippen MR) is 135 cm³/mol. The average molecular weight is 506 g/mol. The molecule has 0 bridgehead atoms. The second-order valence-electron chi connectivity index (χ2n) is 7.13. The number of nitrogens with zero attached hydrogens (tertiary/aromatic N) is 4. The van der Waals surface area contributed by atoms with Gasteiger partial charge in [-0.25, -0.2) is 0 Å². The van der Waals surface area contributed by atoms with E-state index < -0.39 is 0 Å². The standard InChI is InChI=1S/C22H19Cl3N6S/c1-14-11-21(29-31(14)12-15-5-7-16(23)8-6-15)27-22(32)26-20-9-10-30(28-20)13-17-18(24)3-2-4-19(17)25/h2-11H,12-13H2,1H3,(H2,26,27,28,29,32). The Labute approximate surface area is 206 Å². The lowest BCUT2D eigenvalue weighted by Gasteiger charge is -2.08. The summed E-state index contributed by atoms with van der Waals surface area (Å²) in [7, 11) is 0. The van der Waals surface area contributed by atoms with E-state index in [1.165, 1.54) is 0 Å². The van der Waals surface area contributed by atoms with Gasteiger partial charge in [-0.15, -0.1) is 0 Å². The fourth-order valence-electron chi connectivity index (χ4n) is 3.12. The van der Waals surface area contributed by atoms with E-state index in [2.05, 4.69) is 20.8 Å². The van der Waals surface area contributed by atoms with E-state index in [-0.39, 0.29) is 0 Å². The third kappa shape index (κ3) is 5.61. The van der Waals surface area contributed by atoms with Crippen LogP contribution in [-0.4, -0.2) is 24.7 Å². The lowest BCUT2D eigenvalue weighted by atomic mass is 10.2. The minimum Gasteiger partial charge on any atom is -0.316 e. The summed E-state index contributed by atoms with van der Waals surface area (Å²) in [5.74, 6) is 1.25. The maximum Gasteiger partial charge on any atom is 0.177 e. The van der Waals surface area contributed by atoms with Crippen molar-refractivity contribution in [2.75, 3.05) is 10.6 Å². The Hall–Kier alpha value is -2.58. The largest absolute Gasteiger partial charge is 0.316 e. The molecule has 0 amide bonds. The van der Waals surface area contributed by atoms with E-state index in [9.17, 15) is 0 Å². The van der Waals surface area contributed by atoms with Gasteiger partial charge in [0.2, 0.25) is 0 Å². The molecule has 0 saturated heterocycles. The zero-order chi connectivity index (χ0) is 22.7. The Balaban J connectivity index is 1.37. The molecule has 4 rings (SSSR count). The molecule has 2 aromatic heterocycles. The van der Waals surface area contributed by atoms with Crippen molar-refractivity contribution in [3.05, 3.63) is 92.7 Å². The Morgan fingerprint density at radius 2 is 1.59 bits per heavy atom. The maximum absolute atomic E-state index is 6.25. The third-order valence-corrected chi connectivity index (χ3v) is 5.90. The molecule has 0 radical (unpaired) electrons. The molecule has 0 aliphatic rings. The smallest absolute Gasteiger partial charge is 0.177 e. The van der Waals surface area contributed by atoms with Crippen molar-refractivity contribution in [1.29, 1.82) is 0 Å². The quantitative estimate of drug-likeness (QED) is 0.303. The highest BCUT2D eigenvalue weighted by atomic mass is 35.5. The Morgan fingerprint density at radius 1 is 0.906 bits per heavy atom. The zero-order valence-corrected chi connectivity index (χ0v) is 20.1. The van der Waals surface area contributed by atoms with Crippen molar-refractivity contribution in [2.24, 2.45) is 0 Å². The van der Waals surface area contributed by atoms with Gasteiger partial charge >= 0.3 is 0 Å². The maximum atomic E-state index is 6.25. The van der Waals surface area contributed by atoms with E-state index in [4.69, 9.17) is 47.0 Å². The fourth-order valence-corrected chi connectivity index (χ4v) is 3.97. The molecule has 2 aromatic carbocycles. The molecule has 2 N–H and O–H groups in total. The van der Waals surface area contributed by atoms with Crippen LogP contribution in [-0.2, 0) is 13.1 Å². The van der Waals surface area contributed by atoms with E-state index in [1.807, 2.05) is 60.3 Å². The van der Waals surface area contributed by atoms with Gasteiger partial charge in [0.1, 0.15) is 0 Å². The zero-order valence-electron chi connectivity index (χ0n) is 17.0. The number of nitrogens with one attached hydrogen (secondary N) is 2. The first-order valence-corrected chi connectivity index (χ1v) is 11.2. The van der Waals surface area contributed by atoms with Gasteiger partial charge in [0.05, 0.1) is 13.1 Å². The van der Waals surface area contributed by atoms with E-state index >= 15 is 0 Å². The number of aromatic nitrogens is 4. The van der Waals surface area contributed by atoms with Crippen LogP contribution >= 0.6 is 47.0 Å². The highest BCUT2D eigenvalue weighted by molar-refractivity contribution is 7.80. The molecule has 0 aliphatic heterocycles. The lowest BCUT2D eigenvalue weighted by molar-refractivity contribution is 0.668. The number of hydrogen-bond acceptors (Lipinski definition) is 3. The molecule has 0 aliphatic carbocycles. The monoisotopic (exact) mass is 504 g/mol. The normalized spacial score (nSPS) is 10.9. The topological polar surface area (TPSA) is 59.7 Å². The van der Waals surface area contributed by atoms with Gasteiger partial charge in [-0.1, -0.05) is 53.0 Å². The Kier molecular flexibility index (Phi) is 7.01. The van der Waals surface area contributed by atoms with Crippen LogP contribution in [0.4, 0.5) is 11.6 Å². The van der Waals surface area contributed by atoms with Crippen LogP contribution < -0.4 is 10.6 Å². The SMILES string of the molecule is Cc1cc(NC(=S)Nc2ccn(Cc3c(Cl)cccc3Cl)n2)nn1Cc1ccc(Cl)cc1. The highest BCUT2D eigenvalue weighted by Gasteiger charge is 2.10. The van der Waals surface area contributed by atoms with E-state index in [1.54, 1.807) is 16.8 Å². The summed E-state index contributed by atoms with van der Waals surface area (Å²) in [6.07, 6.45) is 1.83. The van der Waals surface area contributed by atoms with Gasteiger partial charge in [-0.3, -0.25) is 9.36 Å². The van der Waals surface area contributed by atoms with Crippen LogP contribution in [0, 0.1) is 6.92 Å². The number of hydrogen-bond donors (Lipinski definition) is 2. The summed E-state index contributed by atoms with van der Waals surface area (Å²) in [6.45, 7) is 3.08. The predicted octanol–water partition coefficient (Wildman–Crippen LogP) is 6.25. The first-order valence-electron chi connectivity index (χ1n) is 9.70. The number of anilines is 2. The second-order valence-corrected chi connectivity index (χ2v) is 8.79. The lowest BCUT2D eigenvalue weighted by Crippen LogP contribution is -2.20. The van der Waals surface area contributed by atoms with Gasteiger partial charge in [0.15, 0.2) is 16.7 Å².